The molecule has 1 atom stereocenters. The first kappa shape index (κ1) is 21.3. The van der Waals surface area contributed by atoms with Crippen molar-refractivity contribution >= 4 is 11.6 Å². The summed E-state index contributed by atoms with van der Waals surface area (Å²) in [4.78, 5) is 29.7. The van der Waals surface area contributed by atoms with E-state index in [2.05, 4.69) is 10.1 Å². The number of nitrogens with zero attached hydrogens (tertiary/aromatic N) is 4. The summed E-state index contributed by atoms with van der Waals surface area (Å²) < 4.78 is 16.1. The topological polar surface area (TPSA) is 121 Å². The number of para-hydroxylation sites is 1. The zero-order chi connectivity index (χ0) is 22.5. The van der Waals surface area contributed by atoms with Crippen LogP contribution in [0.2, 0.25) is 0 Å². The van der Waals surface area contributed by atoms with Crippen molar-refractivity contribution in [1.29, 1.82) is 0 Å². The number of hydrogen-bond acceptors (Lipinski definition) is 8. The first-order valence-corrected chi connectivity index (χ1v) is 10.2. The highest BCUT2D eigenvalue weighted by atomic mass is 16.6. The van der Waals surface area contributed by atoms with Gasteiger partial charge in [0.15, 0.2) is 12.4 Å². The first-order valence-electron chi connectivity index (χ1n) is 10.2. The lowest BCUT2D eigenvalue weighted by Crippen LogP contribution is -2.41. The molecule has 0 unspecified atom stereocenters. The van der Waals surface area contributed by atoms with Crippen molar-refractivity contribution in [3.05, 3.63) is 64.5 Å². The fraction of sp³-hybridized carbons (Fsp3) is 0.318. The minimum Gasteiger partial charge on any atom is -0.490 e. The number of piperidine rings is 1. The summed E-state index contributed by atoms with van der Waals surface area (Å²) in [5.74, 6) is 1.11. The number of hydrogen-bond donors (Lipinski definition) is 0. The Labute approximate surface area is 183 Å². The number of likely N-dealkylation sites (tertiary alicyclic amines) is 1. The minimum absolute atomic E-state index is 0.0911. The van der Waals surface area contributed by atoms with E-state index in [-0.39, 0.29) is 35.8 Å². The van der Waals surface area contributed by atoms with Crippen molar-refractivity contribution in [2.45, 2.75) is 25.3 Å². The highest BCUT2D eigenvalue weighted by molar-refractivity contribution is 5.78. The van der Waals surface area contributed by atoms with Crippen LogP contribution in [-0.2, 0) is 4.79 Å². The summed E-state index contributed by atoms with van der Waals surface area (Å²) in [6, 6.07) is 13.2. The Balaban J connectivity index is 1.52. The first-order chi connectivity index (χ1) is 15.6. The number of methoxy groups -OCH3 is 1. The maximum atomic E-state index is 12.8. The number of benzene rings is 2. The third-order valence-electron chi connectivity index (χ3n) is 5.29. The third kappa shape index (κ3) is 4.53. The number of nitro benzene ring substituents is 1. The van der Waals surface area contributed by atoms with E-state index in [0.717, 1.165) is 12.8 Å². The minimum atomic E-state index is -0.530. The number of nitro groups is 1. The van der Waals surface area contributed by atoms with Crippen LogP contribution >= 0.6 is 0 Å². The molecular formula is C22H22N4O6. The largest absolute Gasteiger partial charge is 0.490 e. The van der Waals surface area contributed by atoms with Crippen LogP contribution in [0.3, 0.4) is 0 Å². The average Bonchev–Trinajstić information content (AvgIpc) is 3.33. The van der Waals surface area contributed by atoms with E-state index >= 15 is 0 Å². The second-order valence-corrected chi connectivity index (χ2v) is 7.30. The summed E-state index contributed by atoms with van der Waals surface area (Å²) in [5, 5.41) is 15.3. The molecule has 3 aromatic rings. The summed E-state index contributed by atoms with van der Waals surface area (Å²) >= 11 is 0. The van der Waals surface area contributed by atoms with Gasteiger partial charge >= 0.3 is 5.69 Å². The molecule has 32 heavy (non-hydrogen) atoms. The van der Waals surface area contributed by atoms with Gasteiger partial charge in [0.1, 0.15) is 11.8 Å². The Hall–Kier alpha value is -3.95. The predicted molar refractivity (Wildman–Crippen MR) is 113 cm³/mol. The molecule has 1 aromatic heterocycles. The molecule has 0 radical (unpaired) electrons. The van der Waals surface area contributed by atoms with Crippen molar-refractivity contribution in [1.82, 2.24) is 15.0 Å². The Morgan fingerprint density at radius 1 is 1.25 bits per heavy atom. The fourth-order valence-corrected chi connectivity index (χ4v) is 3.69. The summed E-state index contributed by atoms with van der Waals surface area (Å²) in [6.07, 6.45) is 2.47. The van der Waals surface area contributed by atoms with E-state index in [1.165, 1.54) is 19.2 Å². The summed E-state index contributed by atoms with van der Waals surface area (Å²) in [6.45, 7) is 0.472. The maximum Gasteiger partial charge on any atom is 0.311 e. The van der Waals surface area contributed by atoms with E-state index in [1.54, 1.807) is 23.1 Å². The number of carbonyl (C=O) groups excluding carboxylic acids is 1. The summed E-state index contributed by atoms with van der Waals surface area (Å²) in [5.41, 5.74) is 0.234. The van der Waals surface area contributed by atoms with Gasteiger partial charge in [0, 0.05) is 18.2 Å². The Morgan fingerprint density at radius 2 is 2.06 bits per heavy atom. The van der Waals surface area contributed by atoms with Gasteiger partial charge in [0.2, 0.25) is 11.7 Å². The Kier molecular flexibility index (Phi) is 6.29. The number of ether oxygens (including phenoxy) is 2. The van der Waals surface area contributed by atoms with Gasteiger partial charge < -0.3 is 18.9 Å². The van der Waals surface area contributed by atoms with Crippen LogP contribution in [0.5, 0.6) is 11.5 Å². The van der Waals surface area contributed by atoms with Crippen LogP contribution in [0.15, 0.2) is 53.1 Å². The Bertz CT molecular complexity index is 1100. The molecule has 1 fully saturated rings. The lowest BCUT2D eigenvalue weighted by molar-refractivity contribution is -0.385. The molecule has 1 aliphatic rings. The van der Waals surface area contributed by atoms with Gasteiger partial charge in [-0.25, -0.2) is 0 Å². The van der Waals surface area contributed by atoms with Crippen LogP contribution in [0.4, 0.5) is 5.69 Å². The van der Waals surface area contributed by atoms with E-state index in [4.69, 9.17) is 14.0 Å². The van der Waals surface area contributed by atoms with E-state index in [0.29, 0.717) is 30.2 Å². The molecule has 0 saturated carbocycles. The van der Waals surface area contributed by atoms with Crippen LogP contribution in [0, 0.1) is 10.1 Å². The molecule has 10 nitrogen and oxygen atoms in total. The van der Waals surface area contributed by atoms with Crippen molar-refractivity contribution < 1.29 is 23.7 Å². The number of aromatic nitrogens is 2. The quantitative estimate of drug-likeness (QED) is 0.403. The summed E-state index contributed by atoms with van der Waals surface area (Å²) in [7, 11) is 1.37. The van der Waals surface area contributed by atoms with Gasteiger partial charge in [-0.15, -0.1) is 0 Å². The normalized spacial score (nSPS) is 15.9. The van der Waals surface area contributed by atoms with Crippen LogP contribution in [0.1, 0.15) is 31.2 Å². The maximum absolute atomic E-state index is 12.8. The molecule has 1 aliphatic heterocycles. The monoisotopic (exact) mass is 438 g/mol. The lowest BCUT2D eigenvalue weighted by atomic mass is 10.0. The second-order valence-electron chi connectivity index (χ2n) is 7.30. The number of carbonyl (C=O) groups is 1. The van der Waals surface area contributed by atoms with Crippen molar-refractivity contribution in [2.24, 2.45) is 0 Å². The van der Waals surface area contributed by atoms with Gasteiger partial charge in [-0.2, -0.15) is 4.98 Å². The van der Waals surface area contributed by atoms with Gasteiger partial charge in [0.05, 0.1) is 12.0 Å². The van der Waals surface area contributed by atoms with Gasteiger partial charge in [-0.1, -0.05) is 23.4 Å². The molecule has 2 aromatic carbocycles. The molecule has 166 valence electrons. The molecule has 0 spiro atoms. The van der Waals surface area contributed by atoms with Crippen LogP contribution in [-0.4, -0.2) is 46.1 Å². The van der Waals surface area contributed by atoms with Crippen molar-refractivity contribution in [2.75, 3.05) is 20.3 Å². The van der Waals surface area contributed by atoms with Gasteiger partial charge in [0.25, 0.3) is 5.91 Å². The molecular weight excluding hydrogens is 416 g/mol. The molecule has 1 amide bonds. The molecule has 2 heterocycles. The molecule has 1 saturated heterocycles. The molecule has 0 N–H and O–H groups in total. The number of amides is 1. The van der Waals surface area contributed by atoms with E-state index < -0.39 is 4.92 Å². The Morgan fingerprint density at radius 3 is 2.81 bits per heavy atom. The van der Waals surface area contributed by atoms with Gasteiger partial charge in [-0.05, 0) is 43.5 Å². The smallest absolute Gasteiger partial charge is 0.311 e. The van der Waals surface area contributed by atoms with E-state index in [1.807, 2.05) is 18.2 Å². The highest BCUT2D eigenvalue weighted by Gasteiger charge is 2.32. The second kappa shape index (κ2) is 9.46. The van der Waals surface area contributed by atoms with Crippen LogP contribution < -0.4 is 9.47 Å². The van der Waals surface area contributed by atoms with Crippen LogP contribution in [0.25, 0.3) is 11.4 Å². The zero-order valence-corrected chi connectivity index (χ0v) is 17.5. The lowest BCUT2D eigenvalue weighted by Gasteiger charge is -2.33. The molecule has 10 heteroatoms. The van der Waals surface area contributed by atoms with Crippen molar-refractivity contribution in [3.8, 4) is 22.9 Å². The third-order valence-corrected chi connectivity index (χ3v) is 5.29. The molecule has 4 rings (SSSR count). The predicted octanol–water partition coefficient (Wildman–Crippen LogP) is 3.79. The van der Waals surface area contributed by atoms with E-state index in [9.17, 15) is 14.9 Å². The standard InChI is InChI=1S/C22H22N4O6/c1-30-19-11-10-15(13-18(19)26(28)29)21-23-22(32-24-21)17-9-5-6-12-25(17)20(27)14-31-16-7-3-2-4-8-16/h2-4,7-8,10-11,13,17H,5-6,9,12,14H2,1H3/t17-/m1/s1. The fourth-order valence-electron chi connectivity index (χ4n) is 3.69. The highest BCUT2D eigenvalue weighted by Crippen LogP contribution is 2.34. The number of rotatable bonds is 7. The molecule has 0 bridgehead atoms. The van der Waals surface area contributed by atoms with Crippen molar-refractivity contribution in [3.63, 3.8) is 0 Å². The molecule has 0 aliphatic carbocycles. The SMILES string of the molecule is COc1ccc(-c2noc([C@H]3CCCCN3C(=O)COc3ccccc3)n2)cc1[N+](=O)[O-]. The zero-order valence-electron chi connectivity index (χ0n) is 17.5. The van der Waals surface area contributed by atoms with Gasteiger partial charge in [-0.3, -0.25) is 14.9 Å². The average molecular weight is 438 g/mol.